The number of carbonyl (C=O) groups is 1. The molecule has 1 aromatic rings. The van der Waals surface area contributed by atoms with Crippen LogP contribution in [0.1, 0.15) is 23.9 Å². The van der Waals surface area contributed by atoms with Crippen molar-refractivity contribution in [1.82, 2.24) is 9.78 Å². The fourth-order valence-electron chi connectivity index (χ4n) is 1.57. The van der Waals surface area contributed by atoms with Crippen molar-refractivity contribution in [2.24, 2.45) is 0 Å². The van der Waals surface area contributed by atoms with Crippen LogP contribution in [0.5, 0.6) is 0 Å². The van der Waals surface area contributed by atoms with E-state index in [1.165, 1.54) is 18.5 Å². The molecule has 0 radical (unpaired) electrons. The number of rotatable bonds is 3. The van der Waals surface area contributed by atoms with Crippen molar-refractivity contribution in [3.05, 3.63) is 17.0 Å². The van der Waals surface area contributed by atoms with Crippen LogP contribution in [0.3, 0.4) is 0 Å². The summed E-state index contributed by atoms with van der Waals surface area (Å²) in [5.41, 5.74) is -0.249. The van der Waals surface area contributed by atoms with Gasteiger partial charge in [-0.25, -0.2) is 4.79 Å². The van der Waals surface area contributed by atoms with E-state index in [9.17, 15) is 13.6 Å². The lowest BCUT2D eigenvalue weighted by Crippen LogP contribution is -2.26. The molecule has 1 N–H and O–H groups in total. The van der Waals surface area contributed by atoms with Gasteiger partial charge in [-0.1, -0.05) is 0 Å². The zero-order chi connectivity index (χ0) is 11.8. The van der Waals surface area contributed by atoms with Crippen LogP contribution in [0.15, 0.2) is 0 Å². The Morgan fingerprint density at radius 2 is 2.07 bits per heavy atom. The number of halogens is 2. The maximum Gasteiger partial charge on any atom is 0.379 e. The molecule has 0 amide bonds. The van der Waals surface area contributed by atoms with E-state index in [0.29, 0.717) is 6.54 Å². The van der Waals surface area contributed by atoms with Crippen molar-refractivity contribution in [2.75, 3.05) is 0 Å². The Kier molecular flexibility index (Phi) is 2.79. The second-order valence-corrected chi connectivity index (χ2v) is 3.24. The third-order valence-corrected chi connectivity index (χ3v) is 2.26. The summed E-state index contributed by atoms with van der Waals surface area (Å²) in [6.07, 6.45) is 0. The molecular formula is C9H12F2N2O2. The Balaban J connectivity index is 3.37. The van der Waals surface area contributed by atoms with E-state index in [1.54, 1.807) is 6.92 Å². The Morgan fingerprint density at radius 3 is 2.40 bits per heavy atom. The molecule has 0 saturated carbocycles. The lowest BCUT2D eigenvalue weighted by molar-refractivity contribution is -0.166. The molecule has 0 aliphatic heterocycles. The minimum atomic E-state index is -3.87. The van der Waals surface area contributed by atoms with Crippen LogP contribution in [0, 0.1) is 13.8 Å². The first-order valence-electron chi connectivity index (χ1n) is 4.48. The molecule has 0 aromatic carbocycles. The number of hydrogen-bond acceptors (Lipinski definition) is 2. The first-order valence-corrected chi connectivity index (χ1v) is 4.48. The standard InChI is InChI=1S/C9H12F2N2O2/c1-4-13-6(3)7(5(2)12-13)9(10,11)8(14)15/h4H2,1-3H3,(H,14,15). The molecule has 0 unspecified atom stereocenters. The number of nitrogens with zero attached hydrogens (tertiary/aromatic N) is 2. The van der Waals surface area contributed by atoms with Crippen LogP contribution in [0.2, 0.25) is 0 Å². The van der Waals surface area contributed by atoms with Gasteiger partial charge in [0.2, 0.25) is 0 Å². The number of aliphatic carboxylic acids is 1. The van der Waals surface area contributed by atoms with Gasteiger partial charge >= 0.3 is 11.9 Å². The number of aromatic nitrogens is 2. The Bertz CT molecular complexity index is 399. The predicted molar refractivity (Wildman–Crippen MR) is 48.9 cm³/mol. The van der Waals surface area contributed by atoms with Crippen molar-refractivity contribution in [1.29, 1.82) is 0 Å². The highest BCUT2D eigenvalue weighted by Crippen LogP contribution is 2.33. The molecule has 1 aromatic heterocycles. The maximum atomic E-state index is 13.3. The SMILES string of the molecule is CCn1nc(C)c(C(F)(F)C(=O)O)c1C. The molecular weight excluding hydrogens is 206 g/mol. The molecule has 1 heterocycles. The van der Waals surface area contributed by atoms with Crippen LogP contribution in [-0.4, -0.2) is 20.9 Å². The number of carboxylic acids is 1. The van der Waals surface area contributed by atoms with Crippen LogP contribution < -0.4 is 0 Å². The second-order valence-electron chi connectivity index (χ2n) is 3.24. The van der Waals surface area contributed by atoms with Gasteiger partial charge in [-0.3, -0.25) is 4.68 Å². The molecule has 0 saturated heterocycles. The van der Waals surface area contributed by atoms with E-state index < -0.39 is 17.5 Å². The molecule has 0 fully saturated rings. The van der Waals surface area contributed by atoms with E-state index >= 15 is 0 Å². The number of carboxylic acid groups (broad SMARTS) is 1. The molecule has 0 aliphatic carbocycles. The molecule has 84 valence electrons. The zero-order valence-electron chi connectivity index (χ0n) is 8.71. The Morgan fingerprint density at radius 1 is 1.53 bits per heavy atom. The summed E-state index contributed by atoms with van der Waals surface area (Å²) in [6.45, 7) is 5.01. The van der Waals surface area contributed by atoms with Gasteiger partial charge in [-0.2, -0.15) is 13.9 Å². The molecule has 0 atom stereocenters. The average molecular weight is 218 g/mol. The van der Waals surface area contributed by atoms with Gasteiger partial charge in [0.05, 0.1) is 11.3 Å². The predicted octanol–water partition coefficient (Wildman–Crippen LogP) is 1.70. The lowest BCUT2D eigenvalue weighted by atomic mass is 10.1. The smallest absolute Gasteiger partial charge is 0.379 e. The minimum Gasteiger partial charge on any atom is -0.477 e. The first kappa shape index (κ1) is 11.6. The summed E-state index contributed by atoms with van der Waals surface area (Å²) in [6, 6.07) is 0. The van der Waals surface area contributed by atoms with Crippen LogP contribution in [0.4, 0.5) is 8.78 Å². The van der Waals surface area contributed by atoms with Crippen molar-refractivity contribution in [3.8, 4) is 0 Å². The van der Waals surface area contributed by atoms with Gasteiger partial charge < -0.3 is 5.11 Å². The van der Waals surface area contributed by atoms with Gasteiger partial charge in [0.25, 0.3) is 0 Å². The molecule has 0 bridgehead atoms. The Hall–Kier alpha value is -1.46. The van der Waals surface area contributed by atoms with Gasteiger partial charge in [0.15, 0.2) is 0 Å². The summed E-state index contributed by atoms with van der Waals surface area (Å²) in [5, 5.41) is 12.3. The topological polar surface area (TPSA) is 55.1 Å². The lowest BCUT2D eigenvalue weighted by Gasteiger charge is -2.11. The van der Waals surface area contributed by atoms with Crippen molar-refractivity contribution >= 4 is 5.97 Å². The quantitative estimate of drug-likeness (QED) is 0.840. The zero-order valence-corrected chi connectivity index (χ0v) is 8.71. The van der Waals surface area contributed by atoms with E-state index in [4.69, 9.17) is 5.11 Å². The monoisotopic (exact) mass is 218 g/mol. The van der Waals surface area contributed by atoms with E-state index in [1.807, 2.05) is 0 Å². The van der Waals surface area contributed by atoms with Gasteiger partial charge in [0, 0.05) is 12.2 Å². The maximum absolute atomic E-state index is 13.3. The normalized spacial score (nSPS) is 11.8. The van der Waals surface area contributed by atoms with Gasteiger partial charge in [-0.15, -0.1) is 0 Å². The fourth-order valence-corrected chi connectivity index (χ4v) is 1.57. The summed E-state index contributed by atoms with van der Waals surface area (Å²) >= 11 is 0. The van der Waals surface area contributed by atoms with E-state index in [2.05, 4.69) is 5.10 Å². The van der Waals surface area contributed by atoms with Crippen LogP contribution in [-0.2, 0) is 17.3 Å². The number of hydrogen-bond donors (Lipinski definition) is 1. The molecule has 6 heteroatoms. The van der Waals surface area contributed by atoms with Crippen molar-refractivity contribution in [2.45, 2.75) is 33.2 Å². The number of alkyl halides is 2. The highest BCUT2D eigenvalue weighted by atomic mass is 19.3. The third-order valence-electron chi connectivity index (χ3n) is 2.26. The van der Waals surface area contributed by atoms with Crippen LogP contribution >= 0.6 is 0 Å². The Labute approximate surface area is 85.5 Å². The largest absolute Gasteiger partial charge is 0.477 e. The highest BCUT2D eigenvalue weighted by Gasteiger charge is 2.45. The first-order chi connectivity index (χ1) is 6.82. The molecule has 0 aliphatic rings. The van der Waals surface area contributed by atoms with E-state index in [-0.39, 0.29) is 11.4 Å². The van der Waals surface area contributed by atoms with Crippen molar-refractivity contribution in [3.63, 3.8) is 0 Å². The third kappa shape index (κ3) is 1.71. The van der Waals surface area contributed by atoms with Gasteiger partial charge in [-0.05, 0) is 20.8 Å². The molecule has 15 heavy (non-hydrogen) atoms. The minimum absolute atomic E-state index is 0.0572. The summed E-state index contributed by atoms with van der Waals surface area (Å²) in [4.78, 5) is 10.4. The molecule has 0 spiro atoms. The summed E-state index contributed by atoms with van der Waals surface area (Å²) < 4.78 is 28.0. The molecule has 1 rings (SSSR count). The summed E-state index contributed by atoms with van der Waals surface area (Å²) in [5.74, 6) is -6.02. The average Bonchev–Trinajstić information content (AvgIpc) is 2.41. The fraction of sp³-hybridized carbons (Fsp3) is 0.556. The molecule has 4 nitrogen and oxygen atoms in total. The summed E-state index contributed by atoms with van der Waals surface area (Å²) in [7, 11) is 0. The second kappa shape index (κ2) is 3.60. The van der Waals surface area contributed by atoms with Crippen molar-refractivity contribution < 1.29 is 18.7 Å². The van der Waals surface area contributed by atoms with Gasteiger partial charge in [0.1, 0.15) is 0 Å². The number of aryl methyl sites for hydroxylation is 2. The van der Waals surface area contributed by atoms with E-state index in [0.717, 1.165) is 0 Å². The highest BCUT2D eigenvalue weighted by molar-refractivity contribution is 5.78. The van der Waals surface area contributed by atoms with Crippen LogP contribution in [0.25, 0.3) is 0 Å².